The van der Waals surface area contributed by atoms with E-state index in [4.69, 9.17) is 5.73 Å². The van der Waals surface area contributed by atoms with Crippen molar-refractivity contribution in [2.75, 3.05) is 0 Å². The van der Waals surface area contributed by atoms with Crippen molar-refractivity contribution in [3.63, 3.8) is 0 Å². The van der Waals surface area contributed by atoms with Crippen LogP contribution in [-0.4, -0.2) is 15.7 Å². The number of carbonyl (C=O) groups is 1. The second-order valence-corrected chi connectivity index (χ2v) is 4.74. The number of hydrogen-bond acceptors (Lipinski definition) is 3. The zero-order valence-electron chi connectivity index (χ0n) is 9.45. The summed E-state index contributed by atoms with van der Waals surface area (Å²) in [4.78, 5) is 10.7. The number of aryl methyl sites for hydroxylation is 1. The quantitative estimate of drug-likeness (QED) is 0.864. The summed E-state index contributed by atoms with van der Waals surface area (Å²) in [7, 11) is 1.26. The molecule has 2 N–H and O–H groups in total. The molecule has 0 saturated heterocycles. The molecule has 0 aliphatic rings. The molecule has 0 unspecified atom stereocenters. The number of amides is 1. The minimum absolute atomic E-state index is 0.0673. The number of carbonyl (C=O) groups excluding carboxylic acids is 1. The molecule has 0 atom stereocenters. The highest BCUT2D eigenvalue weighted by Gasteiger charge is 2.35. The van der Waals surface area contributed by atoms with Crippen molar-refractivity contribution in [2.45, 2.75) is 6.18 Å². The number of thiophene rings is 1. The van der Waals surface area contributed by atoms with Crippen LogP contribution in [-0.2, 0) is 13.2 Å². The number of nitrogens with two attached hydrogens (primary N) is 1. The third-order valence-corrected chi connectivity index (χ3v) is 3.48. The van der Waals surface area contributed by atoms with E-state index in [1.165, 1.54) is 7.05 Å². The van der Waals surface area contributed by atoms with E-state index < -0.39 is 23.6 Å². The van der Waals surface area contributed by atoms with Crippen LogP contribution in [0.25, 0.3) is 10.6 Å². The SMILES string of the molecule is Cn1nc(C(F)(F)F)cc1-c1sc(C(N)=O)cc1F. The van der Waals surface area contributed by atoms with Crippen molar-refractivity contribution < 1.29 is 22.4 Å². The molecule has 0 aliphatic heterocycles. The Labute approximate surface area is 108 Å². The van der Waals surface area contributed by atoms with Gasteiger partial charge in [0, 0.05) is 7.05 Å². The van der Waals surface area contributed by atoms with Gasteiger partial charge in [-0.05, 0) is 12.1 Å². The lowest BCUT2D eigenvalue weighted by Crippen LogP contribution is -2.08. The number of primary amides is 1. The van der Waals surface area contributed by atoms with Gasteiger partial charge in [0.1, 0.15) is 5.82 Å². The summed E-state index contributed by atoms with van der Waals surface area (Å²) in [6.45, 7) is 0. The summed E-state index contributed by atoms with van der Waals surface area (Å²) in [6.07, 6.45) is -4.61. The van der Waals surface area contributed by atoms with E-state index in [1.54, 1.807) is 0 Å². The maximum atomic E-state index is 13.6. The molecule has 0 spiro atoms. The third kappa shape index (κ3) is 2.46. The molecule has 0 fully saturated rings. The van der Waals surface area contributed by atoms with Crippen LogP contribution >= 0.6 is 11.3 Å². The molecule has 2 aromatic heterocycles. The van der Waals surface area contributed by atoms with Crippen LogP contribution in [0.2, 0.25) is 0 Å². The molecular weight excluding hydrogens is 286 g/mol. The van der Waals surface area contributed by atoms with Crippen molar-refractivity contribution in [3.05, 3.63) is 28.5 Å². The number of rotatable bonds is 2. The van der Waals surface area contributed by atoms with E-state index in [1.807, 2.05) is 0 Å². The molecule has 0 aliphatic carbocycles. The lowest BCUT2D eigenvalue weighted by atomic mass is 10.3. The maximum absolute atomic E-state index is 13.6. The minimum Gasteiger partial charge on any atom is -0.365 e. The van der Waals surface area contributed by atoms with E-state index in [0.717, 1.165) is 16.8 Å². The average Bonchev–Trinajstić information content (AvgIpc) is 2.81. The highest BCUT2D eigenvalue weighted by Crippen LogP contribution is 2.35. The van der Waals surface area contributed by atoms with E-state index in [-0.39, 0.29) is 15.4 Å². The van der Waals surface area contributed by atoms with Gasteiger partial charge in [-0.3, -0.25) is 9.48 Å². The highest BCUT2D eigenvalue weighted by molar-refractivity contribution is 7.17. The zero-order chi connectivity index (χ0) is 14.4. The fourth-order valence-electron chi connectivity index (χ4n) is 1.48. The molecule has 9 heteroatoms. The molecule has 2 rings (SSSR count). The van der Waals surface area contributed by atoms with Crippen molar-refractivity contribution >= 4 is 17.2 Å². The third-order valence-electron chi connectivity index (χ3n) is 2.33. The normalized spacial score (nSPS) is 11.8. The minimum atomic E-state index is -4.61. The van der Waals surface area contributed by atoms with Crippen LogP contribution in [0.5, 0.6) is 0 Å². The van der Waals surface area contributed by atoms with Crippen LogP contribution in [0.4, 0.5) is 17.6 Å². The van der Waals surface area contributed by atoms with Gasteiger partial charge in [0.25, 0.3) is 5.91 Å². The van der Waals surface area contributed by atoms with E-state index in [9.17, 15) is 22.4 Å². The van der Waals surface area contributed by atoms with Crippen LogP contribution in [0.15, 0.2) is 12.1 Å². The van der Waals surface area contributed by atoms with Crippen LogP contribution < -0.4 is 5.73 Å². The Morgan fingerprint density at radius 1 is 1.42 bits per heavy atom. The summed E-state index contributed by atoms with van der Waals surface area (Å²) >= 11 is 0.681. The summed E-state index contributed by atoms with van der Waals surface area (Å²) in [5.41, 5.74) is 3.80. The van der Waals surface area contributed by atoms with Gasteiger partial charge >= 0.3 is 6.18 Å². The standard InChI is InChI=1S/C10H7F4N3OS/c1-17-5(3-7(16-17)10(12,13)14)8-4(11)2-6(19-8)9(15)18/h2-3H,1H3,(H2,15,18). The molecule has 4 nitrogen and oxygen atoms in total. The number of halogens is 4. The van der Waals surface area contributed by atoms with Gasteiger partial charge in [0.05, 0.1) is 15.4 Å². The Balaban J connectivity index is 2.53. The largest absolute Gasteiger partial charge is 0.435 e. The molecule has 1 amide bonds. The monoisotopic (exact) mass is 293 g/mol. The van der Waals surface area contributed by atoms with E-state index >= 15 is 0 Å². The summed E-state index contributed by atoms with van der Waals surface area (Å²) in [5, 5.41) is 3.27. The van der Waals surface area contributed by atoms with Crippen molar-refractivity contribution in [1.82, 2.24) is 9.78 Å². The van der Waals surface area contributed by atoms with Crippen molar-refractivity contribution in [2.24, 2.45) is 12.8 Å². The zero-order valence-corrected chi connectivity index (χ0v) is 10.3. The lowest BCUT2D eigenvalue weighted by molar-refractivity contribution is -0.141. The molecule has 102 valence electrons. The first-order chi connectivity index (χ1) is 8.70. The summed E-state index contributed by atoms with van der Waals surface area (Å²) in [5.74, 6) is -1.65. The first-order valence-corrected chi connectivity index (χ1v) is 5.72. The smallest absolute Gasteiger partial charge is 0.365 e. The van der Waals surface area contributed by atoms with Gasteiger partial charge in [-0.25, -0.2) is 4.39 Å². The van der Waals surface area contributed by atoms with Gasteiger partial charge < -0.3 is 5.73 Å². The maximum Gasteiger partial charge on any atom is 0.435 e. The molecule has 2 aromatic rings. The average molecular weight is 293 g/mol. The van der Waals surface area contributed by atoms with Gasteiger partial charge in [-0.1, -0.05) is 0 Å². The van der Waals surface area contributed by atoms with E-state index in [2.05, 4.69) is 5.10 Å². The molecule has 0 radical (unpaired) electrons. The summed E-state index contributed by atoms with van der Waals surface area (Å²) in [6, 6.07) is 1.61. The van der Waals surface area contributed by atoms with Gasteiger partial charge in [0.2, 0.25) is 0 Å². The Morgan fingerprint density at radius 2 is 2.05 bits per heavy atom. The second kappa shape index (κ2) is 4.34. The Morgan fingerprint density at radius 3 is 2.47 bits per heavy atom. The van der Waals surface area contributed by atoms with Crippen molar-refractivity contribution in [1.29, 1.82) is 0 Å². The molecule has 2 heterocycles. The first kappa shape index (κ1) is 13.5. The number of aromatic nitrogens is 2. The van der Waals surface area contributed by atoms with Crippen LogP contribution in [0.1, 0.15) is 15.4 Å². The topological polar surface area (TPSA) is 60.9 Å². The van der Waals surface area contributed by atoms with Crippen molar-refractivity contribution in [3.8, 4) is 10.6 Å². The number of hydrogen-bond donors (Lipinski definition) is 1. The molecule has 0 saturated carbocycles. The summed E-state index contributed by atoms with van der Waals surface area (Å²) < 4.78 is 52.0. The van der Waals surface area contributed by atoms with Crippen LogP contribution in [0.3, 0.4) is 0 Å². The number of nitrogens with zero attached hydrogens (tertiary/aromatic N) is 2. The lowest BCUT2D eigenvalue weighted by Gasteiger charge is -1.98. The Bertz CT molecular complexity index is 644. The molecular formula is C10H7F4N3OS. The molecule has 0 aromatic carbocycles. The molecule has 19 heavy (non-hydrogen) atoms. The number of alkyl halides is 3. The van der Waals surface area contributed by atoms with Crippen LogP contribution in [0, 0.1) is 5.82 Å². The fourth-order valence-corrected chi connectivity index (χ4v) is 2.42. The van der Waals surface area contributed by atoms with Gasteiger partial charge in [-0.2, -0.15) is 18.3 Å². The fraction of sp³-hybridized carbons (Fsp3) is 0.200. The second-order valence-electron chi connectivity index (χ2n) is 3.69. The Hall–Kier alpha value is -1.90. The van der Waals surface area contributed by atoms with Gasteiger partial charge in [-0.15, -0.1) is 11.3 Å². The predicted molar refractivity (Wildman–Crippen MR) is 60.0 cm³/mol. The first-order valence-electron chi connectivity index (χ1n) is 4.91. The Kier molecular flexibility index (Phi) is 3.09. The highest BCUT2D eigenvalue weighted by atomic mass is 32.1. The predicted octanol–water partition coefficient (Wildman–Crippen LogP) is 2.41. The van der Waals surface area contributed by atoms with E-state index in [0.29, 0.717) is 11.3 Å². The molecule has 0 bridgehead atoms. The van der Waals surface area contributed by atoms with Gasteiger partial charge in [0.15, 0.2) is 5.69 Å².